The summed E-state index contributed by atoms with van der Waals surface area (Å²) in [5, 5.41) is 0. The van der Waals surface area contributed by atoms with Crippen LogP contribution in [0.15, 0.2) is 22.1 Å². The Labute approximate surface area is 114 Å². The highest BCUT2D eigenvalue weighted by molar-refractivity contribution is 9.11. The second-order valence-corrected chi connectivity index (χ2v) is 6.58. The Bertz CT molecular complexity index is 499. The Morgan fingerprint density at radius 2 is 2.12 bits per heavy atom. The number of H-pyrrole nitrogens is 1. The van der Waals surface area contributed by atoms with Crippen LogP contribution in [0.25, 0.3) is 10.6 Å². The second-order valence-electron chi connectivity index (χ2n) is 4.11. The summed E-state index contributed by atoms with van der Waals surface area (Å²) < 4.78 is 1.12. The minimum atomic E-state index is -0.341. The van der Waals surface area contributed by atoms with E-state index in [4.69, 9.17) is 5.73 Å². The zero-order valence-electron chi connectivity index (χ0n) is 9.96. The van der Waals surface area contributed by atoms with E-state index in [-0.39, 0.29) is 5.54 Å². The normalized spacial score (nSPS) is 12.0. The van der Waals surface area contributed by atoms with Crippen LogP contribution in [-0.4, -0.2) is 9.97 Å². The highest BCUT2D eigenvalue weighted by atomic mass is 79.9. The molecule has 3 N–H and O–H groups in total. The number of imidazole rings is 1. The zero-order chi connectivity index (χ0) is 12.5. The average molecular weight is 314 g/mol. The van der Waals surface area contributed by atoms with Crippen molar-refractivity contribution in [2.75, 3.05) is 0 Å². The van der Waals surface area contributed by atoms with Gasteiger partial charge >= 0.3 is 0 Å². The highest BCUT2D eigenvalue weighted by Gasteiger charge is 2.26. The molecule has 5 heteroatoms. The Morgan fingerprint density at radius 3 is 2.65 bits per heavy atom. The molecule has 3 nitrogen and oxygen atoms in total. The lowest BCUT2D eigenvalue weighted by atomic mass is 9.93. The number of halogens is 1. The lowest BCUT2D eigenvalue weighted by molar-refractivity contribution is 0.391. The van der Waals surface area contributed by atoms with Crippen LogP contribution < -0.4 is 5.73 Å². The lowest BCUT2D eigenvalue weighted by Gasteiger charge is -2.23. The van der Waals surface area contributed by atoms with Crippen molar-refractivity contribution in [1.29, 1.82) is 0 Å². The number of nitrogens with two attached hydrogens (primary N) is 1. The summed E-state index contributed by atoms with van der Waals surface area (Å²) in [4.78, 5) is 8.94. The predicted octanol–water partition coefficient (Wildman–Crippen LogP) is 3.87. The smallest absolute Gasteiger partial charge is 0.126 e. The van der Waals surface area contributed by atoms with Crippen LogP contribution >= 0.6 is 27.3 Å². The summed E-state index contributed by atoms with van der Waals surface area (Å²) in [6.07, 6.45) is 3.62. The minimum Gasteiger partial charge on any atom is -0.340 e. The van der Waals surface area contributed by atoms with Gasteiger partial charge in [0.15, 0.2) is 0 Å². The molecule has 2 aromatic rings. The fraction of sp³-hybridized carbons (Fsp3) is 0.417. The molecule has 0 unspecified atom stereocenters. The maximum Gasteiger partial charge on any atom is 0.126 e. The van der Waals surface area contributed by atoms with Crippen molar-refractivity contribution in [2.45, 2.75) is 32.2 Å². The number of aromatic amines is 1. The van der Waals surface area contributed by atoms with E-state index in [0.29, 0.717) is 0 Å². The molecule has 0 saturated carbocycles. The van der Waals surface area contributed by atoms with Crippen LogP contribution in [0.3, 0.4) is 0 Å². The summed E-state index contributed by atoms with van der Waals surface area (Å²) in [5.74, 6) is 0.877. The second kappa shape index (κ2) is 4.92. The average Bonchev–Trinajstić information content (AvgIpc) is 2.96. The van der Waals surface area contributed by atoms with Crippen molar-refractivity contribution in [3.63, 3.8) is 0 Å². The van der Waals surface area contributed by atoms with Crippen LogP contribution in [0.1, 0.15) is 32.5 Å². The maximum absolute atomic E-state index is 6.31. The summed E-state index contributed by atoms with van der Waals surface area (Å²) in [6, 6.07) is 4.11. The molecule has 2 rings (SSSR count). The Kier molecular flexibility index (Phi) is 3.70. The van der Waals surface area contributed by atoms with E-state index in [1.807, 2.05) is 12.3 Å². The molecule has 0 amide bonds. The third-order valence-corrected chi connectivity index (χ3v) is 4.80. The molecule has 0 bridgehead atoms. The molecule has 0 aliphatic heterocycles. The minimum absolute atomic E-state index is 0.341. The van der Waals surface area contributed by atoms with Crippen LogP contribution in [0.2, 0.25) is 0 Å². The van der Waals surface area contributed by atoms with Gasteiger partial charge in [0.25, 0.3) is 0 Å². The Hall–Kier alpha value is -0.650. The molecule has 0 aliphatic carbocycles. The van der Waals surface area contributed by atoms with Crippen molar-refractivity contribution in [3.8, 4) is 10.6 Å². The topological polar surface area (TPSA) is 54.7 Å². The van der Waals surface area contributed by atoms with E-state index in [1.54, 1.807) is 11.3 Å². The van der Waals surface area contributed by atoms with Gasteiger partial charge in [-0.3, -0.25) is 0 Å². The van der Waals surface area contributed by atoms with Crippen molar-refractivity contribution in [1.82, 2.24) is 9.97 Å². The van der Waals surface area contributed by atoms with Crippen molar-refractivity contribution >= 4 is 27.3 Å². The molecule has 0 fully saturated rings. The highest BCUT2D eigenvalue weighted by Crippen LogP contribution is 2.32. The number of hydrogen-bond acceptors (Lipinski definition) is 3. The maximum atomic E-state index is 6.31. The van der Waals surface area contributed by atoms with E-state index in [2.05, 4.69) is 45.8 Å². The molecule has 17 heavy (non-hydrogen) atoms. The van der Waals surface area contributed by atoms with Crippen molar-refractivity contribution in [2.24, 2.45) is 5.73 Å². The molecule has 0 spiro atoms. The molecular formula is C12H16BrN3S. The van der Waals surface area contributed by atoms with E-state index in [1.165, 1.54) is 4.88 Å². The summed E-state index contributed by atoms with van der Waals surface area (Å²) >= 11 is 5.15. The molecule has 0 atom stereocenters. The van der Waals surface area contributed by atoms with Gasteiger partial charge in [0.2, 0.25) is 0 Å². The quantitative estimate of drug-likeness (QED) is 0.900. The number of nitrogens with one attached hydrogen (secondary N) is 1. The van der Waals surface area contributed by atoms with Crippen LogP contribution in [0, 0.1) is 0 Å². The van der Waals surface area contributed by atoms with E-state index in [9.17, 15) is 0 Å². The monoisotopic (exact) mass is 313 g/mol. The summed E-state index contributed by atoms with van der Waals surface area (Å²) in [6.45, 7) is 4.18. The molecule has 92 valence electrons. The molecule has 2 heterocycles. The van der Waals surface area contributed by atoms with Crippen molar-refractivity contribution in [3.05, 3.63) is 27.9 Å². The van der Waals surface area contributed by atoms with Gasteiger partial charge in [-0.1, -0.05) is 13.8 Å². The van der Waals surface area contributed by atoms with Gasteiger partial charge in [-0.15, -0.1) is 11.3 Å². The fourth-order valence-electron chi connectivity index (χ4n) is 1.74. The number of thiophene rings is 1. The van der Waals surface area contributed by atoms with Gasteiger partial charge in [0.1, 0.15) is 5.82 Å². The Balaban J connectivity index is 2.33. The standard InChI is InChI=1S/C12H16BrN3S/c1-3-12(14,4-2)11-15-7-8(16-11)9-5-6-10(13)17-9/h5-7H,3-4,14H2,1-2H3,(H,15,16). The predicted molar refractivity (Wildman–Crippen MR) is 76.0 cm³/mol. The number of aromatic nitrogens is 2. The first-order chi connectivity index (χ1) is 8.09. The van der Waals surface area contributed by atoms with Crippen LogP contribution in [0.5, 0.6) is 0 Å². The summed E-state index contributed by atoms with van der Waals surface area (Å²) in [5.41, 5.74) is 7.01. The zero-order valence-corrected chi connectivity index (χ0v) is 12.4. The van der Waals surface area contributed by atoms with E-state index < -0.39 is 0 Å². The third kappa shape index (κ3) is 2.46. The van der Waals surface area contributed by atoms with E-state index >= 15 is 0 Å². The fourth-order valence-corrected chi connectivity index (χ4v) is 3.09. The van der Waals surface area contributed by atoms with Gasteiger partial charge in [-0.05, 0) is 40.9 Å². The molecule has 0 aromatic carbocycles. The van der Waals surface area contributed by atoms with Crippen LogP contribution in [-0.2, 0) is 5.54 Å². The van der Waals surface area contributed by atoms with Crippen LogP contribution in [0.4, 0.5) is 0 Å². The first-order valence-corrected chi connectivity index (χ1v) is 7.30. The van der Waals surface area contributed by atoms with E-state index in [0.717, 1.165) is 28.1 Å². The third-order valence-electron chi connectivity index (χ3n) is 3.15. The molecule has 0 saturated heterocycles. The summed E-state index contributed by atoms with van der Waals surface area (Å²) in [7, 11) is 0. The van der Waals surface area contributed by atoms with Gasteiger partial charge in [-0.25, -0.2) is 4.98 Å². The van der Waals surface area contributed by atoms with Gasteiger partial charge in [0, 0.05) is 0 Å². The SMILES string of the molecule is CCC(N)(CC)c1ncc(-c2ccc(Br)s2)[nH]1. The number of nitrogens with zero attached hydrogens (tertiary/aromatic N) is 1. The largest absolute Gasteiger partial charge is 0.340 e. The molecule has 0 radical (unpaired) electrons. The van der Waals surface area contributed by atoms with Crippen molar-refractivity contribution < 1.29 is 0 Å². The molecule has 0 aliphatic rings. The van der Waals surface area contributed by atoms with Gasteiger partial charge in [-0.2, -0.15) is 0 Å². The number of hydrogen-bond donors (Lipinski definition) is 2. The first-order valence-electron chi connectivity index (χ1n) is 5.69. The van der Waals surface area contributed by atoms with Gasteiger partial charge in [0.05, 0.1) is 26.1 Å². The molecular weight excluding hydrogens is 298 g/mol. The first kappa shape index (κ1) is 12.8. The lowest BCUT2D eigenvalue weighted by Crippen LogP contribution is -2.36. The molecule has 2 aromatic heterocycles. The number of rotatable bonds is 4. The Morgan fingerprint density at radius 1 is 1.41 bits per heavy atom. The van der Waals surface area contributed by atoms with Gasteiger partial charge < -0.3 is 10.7 Å².